The van der Waals surface area contributed by atoms with E-state index < -0.39 is 17.5 Å². The van der Waals surface area contributed by atoms with E-state index in [-0.39, 0.29) is 34.3 Å². The molecule has 0 radical (unpaired) electrons. The summed E-state index contributed by atoms with van der Waals surface area (Å²) in [6, 6.07) is 5.97. The zero-order valence-electron chi connectivity index (χ0n) is 21.3. The van der Waals surface area contributed by atoms with Gasteiger partial charge in [-0.3, -0.25) is 4.79 Å². The Kier molecular flexibility index (Phi) is 7.65. The molecule has 2 aromatic rings. The Hall–Kier alpha value is -3.25. The number of carbonyl (C=O) groups is 1. The number of allylic oxidation sites excluding steroid dienone is 2. The molecular weight excluding hydrogens is 444 g/mol. The van der Waals surface area contributed by atoms with E-state index in [1.165, 1.54) is 19.2 Å². The van der Waals surface area contributed by atoms with Crippen LogP contribution in [0.5, 0.6) is 23.0 Å². The summed E-state index contributed by atoms with van der Waals surface area (Å²) in [5.41, 5.74) is 2.19. The standard InChI is InChI=1S/C29H36O6/c1-16(2)11-12-18(17(3)4)14-21-26(32)24(25(31)19-9-8-10-20(30)13-19)28-22(27(21)34-7)15-23(35-28)29(5,6)33/h8-10,13,18,23,30,32-33H,1,3,11-12,14-15H2,2,4-7H3/t18-,23+/m1/s1. The van der Waals surface area contributed by atoms with Crippen molar-refractivity contribution in [3.05, 3.63) is 70.8 Å². The van der Waals surface area contributed by atoms with E-state index in [1.54, 1.807) is 26.0 Å². The summed E-state index contributed by atoms with van der Waals surface area (Å²) in [5, 5.41) is 32.1. The number of rotatable bonds is 10. The summed E-state index contributed by atoms with van der Waals surface area (Å²) in [5.74, 6) is -0.0647. The molecule has 0 fully saturated rings. The molecule has 188 valence electrons. The van der Waals surface area contributed by atoms with E-state index in [9.17, 15) is 20.1 Å². The Morgan fingerprint density at radius 1 is 1.26 bits per heavy atom. The summed E-state index contributed by atoms with van der Waals surface area (Å²) >= 11 is 0. The second-order valence-corrected chi connectivity index (χ2v) is 10.1. The van der Waals surface area contributed by atoms with Gasteiger partial charge in [0.05, 0.1) is 12.7 Å². The summed E-state index contributed by atoms with van der Waals surface area (Å²) < 4.78 is 11.9. The van der Waals surface area contributed by atoms with Crippen LogP contribution < -0.4 is 9.47 Å². The van der Waals surface area contributed by atoms with Gasteiger partial charge >= 0.3 is 0 Å². The highest BCUT2D eigenvalue weighted by molar-refractivity contribution is 6.13. The minimum atomic E-state index is -1.19. The first-order valence-electron chi connectivity index (χ1n) is 11.8. The third kappa shape index (κ3) is 5.54. The van der Waals surface area contributed by atoms with Crippen LogP contribution in [0.3, 0.4) is 0 Å². The smallest absolute Gasteiger partial charge is 0.200 e. The van der Waals surface area contributed by atoms with E-state index in [4.69, 9.17) is 9.47 Å². The van der Waals surface area contributed by atoms with E-state index in [0.717, 1.165) is 24.0 Å². The van der Waals surface area contributed by atoms with Crippen LogP contribution in [-0.4, -0.2) is 39.9 Å². The van der Waals surface area contributed by atoms with Crippen LogP contribution in [0.15, 0.2) is 48.6 Å². The van der Waals surface area contributed by atoms with E-state index in [1.807, 2.05) is 13.8 Å². The molecule has 0 amide bonds. The zero-order valence-corrected chi connectivity index (χ0v) is 21.3. The third-order valence-corrected chi connectivity index (χ3v) is 6.62. The fraction of sp³-hybridized carbons (Fsp3) is 0.414. The minimum Gasteiger partial charge on any atom is -0.508 e. The van der Waals surface area contributed by atoms with Crippen LogP contribution in [-0.2, 0) is 12.8 Å². The largest absolute Gasteiger partial charge is 0.508 e. The summed E-state index contributed by atoms with van der Waals surface area (Å²) in [6.07, 6.45) is 1.71. The molecule has 0 spiro atoms. The number of carbonyl (C=O) groups excluding carboxylic acids is 1. The number of fused-ring (bicyclic) bond motifs is 1. The molecule has 3 N–H and O–H groups in total. The molecule has 2 aromatic carbocycles. The number of methoxy groups -OCH3 is 1. The quantitative estimate of drug-likeness (QED) is 0.307. The number of benzene rings is 2. The topological polar surface area (TPSA) is 96.2 Å². The first kappa shape index (κ1) is 26.4. The molecule has 0 bridgehead atoms. The van der Waals surface area contributed by atoms with E-state index in [2.05, 4.69) is 13.2 Å². The maximum Gasteiger partial charge on any atom is 0.200 e. The van der Waals surface area contributed by atoms with Crippen LogP contribution in [0, 0.1) is 5.92 Å². The van der Waals surface area contributed by atoms with Crippen LogP contribution in [0.1, 0.15) is 67.6 Å². The predicted molar refractivity (Wildman–Crippen MR) is 137 cm³/mol. The van der Waals surface area contributed by atoms with Gasteiger partial charge in [0.15, 0.2) is 0 Å². The number of aliphatic hydroxyl groups is 1. The average molecular weight is 481 g/mol. The number of ether oxygens (including phenoxy) is 2. The lowest BCUT2D eigenvalue weighted by Crippen LogP contribution is -2.39. The number of hydrogen-bond acceptors (Lipinski definition) is 6. The number of phenols is 2. The molecule has 6 heteroatoms. The normalized spacial score (nSPS) is 15.8. The van der Waals surface area contributed by atoms with Gasteiger partial charge < -0.3 is 24.8 Å². The van der Waals surface area contributed by atoms with Gasteiger partial charge in [-0.2, -0.15) is 0 Å². The molecule has 2 atom stereocenters. The van der Waals surface area contributed by atoms with Crippen LogP contribution in [0.2, 0.25) is 0 Å². The highest BCUT2D eigenvalue weighted by Gasteiger charge is 2.41. The molecule has 1 heterocycles. The minimum absolute atomic E-state index is 0.00789. The van der Waals surface area contributed by atoms with Gasteiger partial charge in [0.1, 0.15) is 34.7 Å². The highest BCUT2D eigenvalue weighted by Crippen LogP contribution is 2.50. The lowest BCUT2D eigenvalue weighted by Gasteiger charge is -2.25. The number of ketones is 1. The van der Waals surface area contributed by atoms with Crippen molar-refractivity contribution in [2.24, 2.45) is 5.92 Å². The van der Waals surface area contributed by atoms with Gasteiger partial charge in [-0.15, -0.1) is 6.58 Å². The first-order valence-corrected chi connectivity index (χ1v) is 11.8. The fourth-order valence-electron chi connectivity index (χ4n) is 4.51. The lowest BCUT2D eigenvalue weighted by molar-refractivity contribution is -0.0232. The van der Waals surface area contributed by atoms with Crippen molar-refractivity contribution in [1.29, 1.82) is 0 Å². The predicted octanol–water partition coefficient (Wildman–Crippen LogP) is 5.50. The molecule has 3 rings (SSSR count). The summed E-state index contributed by atoms with van der Waals surface area (Å²) in [6.45, 7) is 15.3. The van der Waals surface area contributed by atoms with E-state index >= 15 is 0 Å². The first-order chi connectivity index (χ1) is 16.3. The highest BCUT2D eigenvalue weighted by atomic mass is 16.5. The molecule has 0 unspecified atom stereocenters. The number of aromatic hydroxyl groups is 2. The average Bonchev–Trinajstić information content (AvgIpc) is 3.21. The van der Waals surface area contributed by atoms with Gasteiger partial charge in [-0.1, -0.05) is 29.9 Å². The third-order valence-electron chi connectivity index (χ3n) is 6.62. The Balaban J connectivity index is 2.21. The lowest BCUT2D eigenvalue weighted by atomic mass is 9.84. The zero-order chi connectivity index (χ0) is 26.1. The van der Waals surface area contributed by atoms with Crippen molar-refractivity contribution in [1.82, 2.24) is 0 Å². The maximum absolute atomic E-state index is 13.6. The molecule has 35 heavy (non-hydrogen) atoms. The Morgan fingerprint density at radius 2 is 1.94 bits per heavy atom. The second-order valence-electron chi connectivity index (χ2n) is 10.1. The summed E-state index contributed by atoms with van der Waals surface area (Å²) in [7, 11) is 1.52. The van der Waals surface area contributed by atoms with Crippen LogP contribution in [0.4, 0.5) is 0 Å². The summed E-state index contributed by atoms with van der Waals surface area (Å²) in [4.78, 5) is 13.6. The SMILES string of the molecule is C=C(C)CC[C@H](Cc1c(O)c(C(=O)c2cccc(O)c2)c2c(c1OC)C[C@@H](C(C)(C)O)O2)C(=C)C. The van der Waals surface area contributed by atoms with Gasteiger partial charge in [0, 0.05) is 23.1 Å². The molecule has 0 aromatic heterocycles. The van der Waals surface area contributed by atoms with Gasteiger partial charge in [-0.25, -0.2) is 0 Å². The fourth-order valence-corrected chi connectivity index (χ4v) is 4.51. The van der Waals surface area contributed by atoms with Crippen LogP contribution >= 0.6 is 0 Å². The van der Waals surface area contributed by atoms with Gasteiger partial charge in [0.2, 0.25) is 5.78 Å². The van der Waals surface area contributed by atoms with Crippen LogP contribution in [0.25, 0.3) is 0 Å². The molecule has 1 aliphatic rings. The molecular formula is C29H36O6. The van der Waals surface area contributed by atoms with Crippen molar-refractivity contribution >= 4 is 5.78 Å². The molecule has 0 saturated heterocycles. The van der Waals surface area contributed by atoms with Crippen molar-refractivity contribution in [3.63, 3.8) is 0 Å². The molecule has 6 nitrogen and oxygen atoms in total. The van der Waals surface area contributed by atoms with Crippen molar-refractivity contribution < 1.29 is 29.6 Å². The molecule has 0 saturated carbocycles. The number of phenolic OH excluding ortho intramolecular Hbond substituents is 2. The van der Waals surface area contributed by atoms with E-state index in [0.29, 0.717) is 29.7 Å². The van der Waals surface area contributed by atoms with Crippen molar-refractivity contribution in [2.75, 3.05) is 7.11 Å². The van der Waals surface area contributed by atoms with Gasteiger partial charge in [0.25, 0.3) is 0 Å². The monoisotopic (exact) mass is 480 g/mol. The second kappa shape index (κ2) is 10.2. The molecule has 0 aliphatic carbocycles. The molecule has 1 aliphatic heterocycles. The number of hydrogen-bond donors (Lipinski definition) is 3. The van der Waals surface area contributed by atoms with Crippen molar-refractivity contribution in [3.8, 4) is 23.0 Å². The Labute approximate surface area is 207 Å². The van der Waals surface area contributed by atoms with Crippen molar-refractivity contribution in [2.45, 2.75) is 65.1 Å². The van der Waals surface area contributed by atoms with Gasteiger partial charge in [-0.05, 0) is 65.0 Å². The Morgan fingerprint density at radius 3 is 2.49 bits per heavy atom. The maximum atomic E-state index is 13.6. The Bertz CT molecular complexity index is 1150.